The van der Waals surface area contributed by atoms with Crippen LogP contribution in [0.4, 0.5) is 0 Å². The predicted octanol–water partition coefficient (Wildman–Crippen LogP) is -0.801. The van der Waals surface area contributed by atoms with Gasteiger partial charge >= 0.3 is 7.32 Å². The Kier molecular flexibility index (Phi) is 10.1. The molecular weight excluding hydrogens is 169 g/mol. The van der Waals surface area contributed by atoms with Crippen LogP contribution in [-0.4, -0.2) is 48.0 Å². The van der Waals surface area contributed by atoms with Gasteiger partial charge in [-0.1, -0.05) is 0 Å². The highest BCUT2D eigenvalue weighted by Crippen LogP contribution is 2.03. The lowest BCUT2D eigenvalue weighted by Crippen LogP contribution is -2.47. The molecule has 0 radical (unpaired) electrons. The lowest BCUT2D eigenvalue weighted by molar-refractivity contribution is -0.921. The topological polar surface area (TPSA) is 63.5 Å². The van der Waals surface area contributed by atoms with Crippen molar-refractivity contribution < 1.29 is 19.6 Å². The maximum Gasteiger partial charge on any atom is 0.339 e. The molecule has 0 fully saturated rings. The third kappa shape index (κ3) is 8.24. The van der Waals surface area contributed by atoms with Crippen LogP contribution in [-0.2, 0) is 0 Å². The van der Waals surface area contributed by atoms with Gasteiger partial charge in [-0.15, -0.1) is 0 Å². The number of hydrogen-bond donors (Lipinski definition) is 2. The van der Waals surface area contributed by atoms with Gasteiger partial charge in [-0.05, 0) is 27.7 Å². The monoisotopic (exact) mass is 191 g/mol. The molecule has 2 N–H and O–H groups in total. The Labute approximate surface area is 81.6 Å². The zero-order chi connectivity index (χ0) is 10.9. The smallest absolute Gasteiger partial charge is 0.339 e. The minimum absolute atomic E-state index is 1.28. The van der Waals surface area contributed by atoms with Gasteiger partial charge < -0.3 is 19.6 Å². The lowest BCUT2D eigenvalue weighted by atomic mass is 10.3. The van der Waals surface area contributed by atoms with E-state index in [9.17, 15) is 0 Å². The molecule has 0 aliphatic rings. The standard InChI is InChI=1S/C8H20N.BH2O3/c1-5-9(6-2,7-3)8-4;2-1(3)4/h5-8H2,1-4H3;2-3H/q+1;-1. The fourth-order valence-corrected chi connectivity index (χ4v) is 1.34. The maximum absolute atomic E-state index is 8.64. The van der Waals surface area contributed by atoms with Crippen molar-refractivity contribution in [3.8, 4) is 0 Å². The zero-order valence-electron chi connectivity index (χ0n) is 9.16. The second kappa shape index (κ2) is 8.50. The van der Waals surface area contributed by atoms with Gasteiger partial charge in [0.2, 0.25) is 0 Å². The predicted molar refractivity (Wildman–Crippen MR) is 52.6 cm³/mol. The normalized spacial score (nSPS) is 10.4. The molecule has 0 atom stereocenters. The number of hydrogen-bond acceptors (Lipinski definition) is 3. The molecule has 80 valence electrons. The van der Waals surface area contributed by atoms with Crippen molar-refractivity contribution >= 4 is 7.32 Å². The molecule has 0 aliphatic heterocycles. The van der Waals surface area contributed by atoms with Crippen LogP contribution in [0.3, 0.4) is 0 Å². The van der Waals surface area contributed by atoms with Gasteiger partial charge in [-0.3, -0.25) is 0 Å². The van der Waals surface area contributed by atoms with Gasteiger partial charge in [0.25, 0.3) is 0 Å². The van der Waals surface area contributed by atoms with Gasteiger partial charge in [0.1, 0.15) is 0 Å². The van der Waals surface area contributed by atoms with Gasteiger partial charge in [0, 0.05) is 0 Å². The van der Waals surface area contributed by atoms with Gasteiger partial charge in [-0.25, -0.2) is 0 Å². The van der Waals surface area contributed by atoms with Crippen LogP contribution in [0.5, 0.6) is 0 Å². The van der Waals surface area contributed by atoms with Crippen LogP contribution in [0.2, 0.25) is 0 Å². The van der Waals surface area contributed by atoms with E-state index in [-0.39, 0.29) is 0 Å². The Morgan fingerprint density at radius 1 is 0.923 bits per heavy atom. The van der Waals surface area contributed by atoms with Crippen LogP contribution in [0, 0.1) is 0 Å². The second-order valence-corrected chi connectivity index (χ2v) is 2.93. The summed E-state index contributed by atoms with van der Waals surface area (Å²) in [6.07, 6.45) is 0. The van der Waals surface area contributed by atoms with Gasteiger partial charge in [-0.2, -0.15) is 0 Å². The molecule has 4 nitrogen and oxygen atoms in total. The summed E-state index contributed by atoms with van der Waals surface area (Å²) in [4.78, 5) is 0. The summed E-state index contributed by atoms with van der Waals surface area (Å²) in [5.41, 5.74) is 0. The molecule has 0 heterocycles. The van der Waals surface area contributed by atoms with E-state index in [0.29, 0.717) is 0 Å². The van der Waals surface area contributed by atoms with E-state index in [0.717, 1.165) is 0 Å². The molecular formula is C8H22BNO3. The Hall–Kier alpha value is -0.0951. The molecule has 5 heteroatoms. The van der Waals surface area contributed by atoms with Gasteiger partial charge in [0.15, 0.2) is 0 Å². The zero-order valence-corrected chi connectivity index (χ0v) is 9.16. The van der Waals surface area contributed by atoms with Crippen LogP contribution in [0.25, 0.3) is 0 Å². The van der Waals surface area contributed by atoms with E-state index >= 15 is 0 Å². The fourth-order valence-electron chi connectivity index (χ4n) is 1.34. The number of nitrogens with zero attached hydrogens (tertiary/aromatic N) is 1. The summed E-state index contributed by atoms with van der Waals surface area (Å²) in [6, 6.07) is 0. The van der Waals surface area contributed by atoms with Crippen molar-refractivity contribution in [2.75, 3.05) is 26.2 Å². The third-order valence-corrected chi connectivity index (χ3v) is 2.68. The third-order valence-electron chi connectivity index (χ3n) is 2.68. The molecule has 0 spiro atoms. The van der Waals surface area contributed by atoms with Crippen LogP contribution >= 0.6 is 0 Å². The summed E-state index contributed by atoms with van der Waals surface area (Å²) in [7, 11) is -2.42. The van der Waals surface area contributed by atoms with Crippen molar-refractivity contribution in [1.82, 2.24) is 0 Å². The molecule has 0 aliphatic carbocycles. The maximum atomic E-state index is 8.64. The molecule has 0 saturated carbocycles. The Morgan fingerprint density at radius 3 is 1.08 bits per heavy atom. The average Bonchev–Trinajstić information content (AvgIpc) is 2.09. The summed E-state index contributed by atoms with van der Waals surface area (Å²) < 4.78 is 1.28. The largest absolute Gasteiger partial charge is 0.832 e. The summed E-state index contributed by atoms with van der Waals surface area (Å²) >= 11 is 0. The first kappa shape index (κ1) is 15.4. The van der Waals surface area contributed by atoms with Crippen molar-refractivity contribution in [2.24, 2.45) is 0 Å². The van der Waals surface area contributed by atoms with E-state index in [1.807, 2.05) is 0 Å². The Balaban J connectivity index is 0. The molecule has 0 saturated heterocycles. The molecule has 0 unspecified atom stereocenters. The molecule has 0 aromatic carbocycles. The summed E-state index contributed by atoms with van der Waals surface area (Å²) in [6.45, 7) is 14.2. The van der Waals surface area contributed by atoms with E-state index < -0.39 is 7.32 Å². The minimum Gasteiger partial charge on any atom is -0.832 e. The van der Waals surface area contributed by atoms with Crippen LogP contribution in [0.15, 0.2) is 0 Å². The molecule has 0 bridgehead atoms. The second-order valence-electron chi connectivity index (χ2n) is 2.93. The number of quaternary nitrogens is 1. The van der Waals surface area contributed by atoms with Crippen LogP contribution < -0.4 is 5.02 Å². The first-order valence-corrected chi connectivity index (χ1v) is 4.85. The molecule has 13 heavy (non-hydrogen) atoms. The highest BCUT2D eigenvalue weighted by molar-refractivity contribution is 6.28. The SMILES string of the molecule is CC[N+](CC)(CC)CC.[O-]B(O)O. The average molecular weight is 191 g/mol. The van der Waals surface area contributed by atoms with E-state index in [2.05, 4.69) is 27.7 Å². The summed E-state index contributed by atoms with van der Waals surface area (Å²) in [5.74, 6) is 0. The van der Waals surface area contributed by atoms with E-state index in [1.54, 1.807) is 0 Å². The minimum atomic E-state index is -2.42. The first-order valence-electron chi connectivity index (χ1n) is 4.85. The van der Waals surface area contributed by atoms with E-state index in [4.69, 9.17) is 15.1 Å². The van der Waals surface area contributed by atoms with Crippen molar-refractivity contribution in [2.45, 2.75) is 27.7 Å². The molecule has 0 aromatic rings. The summed E-state index contributed by atoms with van der Waals surface area (Å²) in [5, 5.41) is 22.8. The quantitative estimate of drug-likeness (QED) is 0.451. The highest BCUT2D eigenvalue weighted by atomic mass is 16.5. The Bertz CT molecular complexity index is 87.3. The molecule has 0 rings (SSSR count). The first-order chi connectivity index (χ1) is 5.97. The van der Waals surface area contributed by atoms with Crippen molar-refractivity contribution in [1.29, 1.82) is 0 Å². The van der Waals surface area contributed by atoms with E-state index in [1.165, 1.54) is 30.7 Å². The van der Waals surface area contributed by atoms with Crippen molar-refractivity contribution in [3.05, 3.63) is 0 Å². The van der Waals surface area contributed by atoms with Crippen LogP contribution in [0.1, 0.15) is 27.7 Å². The van der Waals surface area contributed by atoms with Gasteiger partial charge in [0.05, 0.1) is 26.2 Å². The molecule has 0 amide bonds. The molecule has 0 aromatic heterocycles. The fraction of sp³-hybridized carbons (Fsp3) is 1.00. The number of rotatable bonds is 4. The van der Waals surface area contributed by atoms with Crippen molar-refractivity contribution in [3.63, 3.8) is 0 Å². The highest BCUT2D eigenvalue weighted by Gasteiger charge is 2.16. The lowest BCUT2D eigenvalue weighted by Gasteiger charge is -2.34. The Morgan fingerprint density at radius 2 is 1.08 bits per heavy atom.